The lowest BCUT2D eigenvalue weighted by atomic mass is 9.74. The Hall–Kier alpha value is -1.35. The minimum atomic E-state index is -0.558. The van der Waals surface area contributed by atoms with E-state index in [-0.39, 0.29) is 11.4 Å². The van der Waals surface area contributed by atoms with Crippen LogP contribution < -0.4 is 5.32 Å². The van der Waals surface area contributed by atoms with E-state index in [0.717, 1.165) is 19.3 Å². The highest BCUT2D eigenvalue weighted by molar-refractivity contribution is 5.82. The maximum Gasteiger partial charge on any atom is 0.326 e. The fourth-order valence-electron chi connectivity index (χ4n) is 3.15. The highest BCUT2D eigenvalue weighted by Crippen LogP contribution is 2.46. The maximum absolute atomic E-state index is 12.3. The SMILES string of the molecule is COC(=O)C1(NCc2ccccc2)CCCC1(C)C. The number of esters is 1. The second-order valence-corrected chi connectivity index (χ2v) is 5.97. The van der Waals surface area contributed by atoms with E-state index >= 15 is 0 Å². The number of hydrogen-bond acceptors (Lipinski definition) is 3. The van der Waals surface area contributed by atoms with Crippen LogP contribution in [0.1, 0.15) is 38.7 Å². The number of benzene rings is 1. The zero-order valence-electron chi connectivity index (χ0n) is 12.0. The third-order valence-electron chi connectivity index (χ3n) is 4.48. The molecule has 1 unspecified atom stereocenters. The lowest BCUT2D eigenvalue weighted by molar-refractivity contribution is -0.153. The molecule has 1 fully saturated rings. The molecule has 2 rings (SSSR count). The van der Waals surface area contributed by atoms with Gasteiger partial charge in [0.25, 0.3) is 0 Å². The first-order chi connectivity index (χ1) is 9.02. The predicted molar refractivity (Wildman–Crippen MR) is 75.7 cm³/mol. The van der Waals surface area contributed by atoms with E-state index in [9.17, 15) is 4.79 Å². The summed E-state index contributed by atoms with van der Waals surface area (Å²) in [6.07, 6.45) is 2.95. The summed E-state index contributed by atoms with van der Waals surface area (Å²) in [5, 5.41) is 3.48. The van der Waals surface area contributed by atoms with E-state index < -0.39 is 5.54 Å². The van der Waals surface area contributed by atoms with Crippen molar-refractivity contribution in [1.82, 2.24) is 5.32 Å². The van der Waals surface area contributed by atoms with Gasteiger partial charge in [-0.1, -0.05) is 50.6 Å². The summed E-state index contributed by atoms with van der Waals surface area (Å²) in [4.78, 5) is 12.3. The fraction of sp³-hybridized carbons (Fsp3) is 0.562. The Balaban J connectivity index is 2.18. The topological polar surface area (TPSA) is 38.3 Å². The van der Waals surface area contributed by atoms with Crippen LogP contribution in [0.4, 0.5) is 0 Å². The van der Waals surface area contributed by atoms with Gasteiger partial charge in [0.1, 0.15) is 5.54 Å². The normalized spacial score (nSPS) is 25.2. The summed E-state index contributed by atoms with van der Waals surface area (Å²) in [6, 6.07) is 10.2. The fourth-order valence-corrected chi connectivity index (χ4v) is 3.15. The molecule has 0 spiro atoms. The molecule has 0 amide bonds. The Bertz CT molecular complexity index is 441. The Kier molecular flexibility index (Phi) is 3.95. The molecular weight excluding hydrogens is 238 g/mol. The first-order valence-corrected chi connectivity index (χ1v) is 6.89. The molecule has 0 aliphatic heterocycles. The molecule has 0 saturated heterocycles. The van der Waals surface area contributed by atoms with Crippen molar-refractivity contribution in [1.29, 1.82) is 0 Å². The molecule has 1 N–H and O–H groups in total. The smallest absolute Gasteiger partial charge is 0.326 e. The van der Waals surface area contributed by atoms with Crippen molar-refractivity contribution >= 4 is 5.97 Å². The van der Waals surface area contributed by atoms with Gasteiger partial charge in [0.15, 0.2) is 0 Å². The van der Waals surface area contributed by atoms with Gasteiger partial charge in [-0.15, -0.1) is 0 Å². The van der Waals surface area contributed by atoms with Gasteiger partial charge in [-0.05, 0) is 23.8 Å². The van der Waals surface area contributed by atoms with Gasteiger partial charge >= 0.3 is 5.97 Å². The van der Waals surface area contributed by atoms with Crippen LogP contribution in [0.5, 0.6) is 0 Å². The standard InChI is InChI=1S/C16H23NO2/c1-15(2)10-7-11-16(15,14(18)19-3)17-12-13-8-5-4-6-9-13/h4-6,8-9,17H,7,10-12H2,1-3H3. The largest absolute Gasteiger partial charge is 0.468 e. The summed E-state index contributed by atoms with van der Waals surface area (Å²) >= 11 is 0. The number of carbonyl (C=O) groups excluding carboxylic acids is 1. The first-order valence-electron chi connectivity index (χ1n) is 6.89. The average Bonchev–Trinajstić information content (AvgIpc) is 2.72. The Morgan fingerprint density at radius 3 is 2.47 bits per heavy atom. The van der Waals surface area contributed by atoms with Gasteiger partial charge in [-0.2, -0.15) is 0 Å². The van der Waals surface area contributed by atoms with Crippen LogP contribution in [0.3, 0.4) is 0 Å². The zero-order chi connectivity index (χ0) is 13.9. The summed E-state index contributed by atoms with van der Waals surface area (Å²) in [5.41, 5.74) is 0.556. The van der Waals surface area contributed by atoms with Crippen molar-refractivity contribution in [2.45, 2.75) is 45.2 Å². The molecule has 3 heteroatoms. The molecular formula is C16H23NO2. The van der Waals surface area contributed by atoms with Crippen LogP contribution in [0.15, 0.2) is 30.3 Å². The highest BCUT2D eigenvalue weighted by Gasteiger charge is 2.54. The van der Waals surface area contributed by atoms with E-state index in [1.807, 2.05) is 18.2 Å². The molecule has 0 radical (unpaired) electrons. The summed E-state index contributed by atoms with van der Waals surface area (Å²) in [5.74, 6) is -0.133. The van der Waals surface area contributed by atoms with Crippen molar-refractivity contribution in [3.63, 3.8) is 0 Å². The number of ether oxygens (including phenoxy) is 1. The molecule has 19 heavy (non-hydrogen) atoms. The van der Waals surface area contributed by atoms with Crippen molar-refractivity contribution < 1.29 is 9.53 Å². The molecule has 3 nitrogen and oxygen atoms in total. The molecule has 1 atom stereocenters. The van der Waals surface area contributed by atoms with E-state index in [1.165, 1.54) is 12.7 Å². The lowest BCUT2D eigenvalue weighted by Gasteiger charge is -2.39. The number of carbonyl (C=O) groups is 1. The van der Waals surface area contributed by atoms with E-state index in [1.54, 1.807) is 0 Å². The number of methoxy groups -OCH3 is 1. The highest BCUT2D eigenvalue weighted by atomic mass is 16.5. The van der Waals surface area contributed by atoms with Gasteiger partial charge in [0.2, 0.25) is 0 Å². The molecule has 104 valence electrons. The van der Waals surface area contributed by atoms with Crippen molar-refractivity contribution in [3.05, 3.63) is 35.9 Å². The minimum Gasteiger partial charge on any atom is -0.468 e. The van der Waals surface area contributed by atoms with Gasteiger partial charge in [-0.25, -0.2) is 0 Å². The molecule has 0 aromatic heterocycles. The third-order valence-corrected chi connectivity index (χ3v) is 4.48. The minimum absolute atomic E-state index is 0.0745. The van der Waals surface area contributed by atoms with E-state index in [0.29, 0.717) is 6.54 Å². The van der Waals surface area contributed by atoms with Crippen LogP contribution in [0.25, 0.3) is 0 Å². The molecule has 1 aliphatic rings. The lowest BCUT2D eigenvalue weighted by Crippen LogP contribution is -2.58. The zero-order valence-corrected chi connectivity index (χ0v) is 12.0. The third kappa shape index (κ3) is 2.52. The van der Waals surface area contributed by atoms with E-state index in [4.69, 9.17) is 4.74 Å². The summed E-state index contributed by atoms with van der Waals surface area (Å²) in [7, 11) is 1.47. The molecule has 1 aliphatic carbocycles. The average molecular weight is 261 g/mol. The van der Waals surface area contributed by atoms with Gasteiger partial charge in [0.05, 0.1) is 7.11 Å². The Labute approximate surface area is 115 Å². The van der Waals surface area contributed by atoms with Crippen molar-refractivity contribution in [3.8, 4) is 0 Å². The Morgan fingerprint density at radius 2 is 1.95 bits per heavy atom. The van der Waals surface area contributed by atoms with Crippen molar-refractivity contribution in [2.24, 2.45) is 5.41 Å². The monoisotopic (exact) mass is 261 g/mol. The van der Waals surface area contributed by atoms with Crippen LogP contribution in [0, 0.1) is 5.41 Å². The second-order valence-electron chi connectivity index (χ2n) is 5.97. The Morgan fingerprint density at radius 1 is 1.26 bits per heavy atom. The summed E-state index contributed by atoms with van der Waals surface area (Å²) in [6.45, 7) is 4.99. The summed E-state index contributed by atoms with van der Waals surface area (Å²) < 4.78 is 5.06. The van der Waals surface area contributed by atoms with Crippen LogP contribution in [-0.2, 0) is 16.1 Å². The first kappa shape index (κ1) is 14.1. The number of nitrogens with one attached hydrogen (secondary N) is 1. The van der Waals surface area contributed by atoms with Gasteiger partial charge in [-0.3, -0.25) is 10.1 Å². The van der Waals surface area contributed by atoms with Crippen LogP contribution >= 0.6 is 0 Å². The molecule has 0 bridgehead atoms. The van der Waals surface area contributed by atoms with Gasteiger partial charge < -0.3 is 4.74 Å². The molecule has 1 aromatic rings. The quantitative estimate of drug-likeness (QED) is 0.847. The molecule has 1 saturated carbocycles. The van der Waals surface area contributed by atoms with E-state index in [2.05, 4.69) is 31.3 Å². The van der Waals surface area contributed by atoms with Crippen LogP contribution in [-0.4, -0.2) is 18.6 Å². The molecule has 0 heterocycles. The number of hydrogen-bond donors (Lipinski definition) is 1. The number of rotatable bonds is 4. The maximum atomic E-state index is 12.3. The molecule has 1 aromatic carbocycles. The second kappa shape index (κ2) is 5.33. The van der Waals surface area contributed by atoms with Crippen LogP contribution in [0.2, 0.25) is 0 Å². The predicted octanol–water partition coefficient (Wildman–Crippen LogP) is 2.90. The van der Waals surface area contributed by atoms with Gasteiger partial charge in [0, 0.05) is 6.54 Å². The van der Waals surface area contributed by atoms with Crippen molar-refractivity contribution in [2.75, 3.05) is 7.11 Å².